The van der Waals surface area contributed by atoms with Gasteiger partial charge in [-0.2, -0.15) is 0 Å². The molecule has 146 valence electrons. The summed E-state index contributed by atoms with van der Waals surface area (Å²) in [6.07, 6.45) is 6.94. The number of nitrogens with zero attached hydrogens (tertiary/aromatic N) is 2. The number of rotatable bonds is 4. The van der Waals surface area contributed by atoms with Crippen LogP contribution in [0.15, 0.2) is 80.3 Å². The van der Waals surface area contributed by atoms with Crippen molar-refractivity contribution in [2.24, 2.45) is 4.99 Å². The lowest BCUT2D eigenvalue weighted by atomic mass is 10.0. The number of thiazole rings is 1. The molecule has 0 radical (unpaired) electrons. The van der Waals surface area contributed by atoms with Crippen LogP contribution >= 0.6 is 11.3 Å². The lowest BCUT2D eigenvalue weighted by Crippen LogP contribution is -2.38. The first-order valence-electron chi connectivity index (χ1n) is 8.96. The van der Waals surface area contributed by atoms with E-state index in [1.54, 1.807) is 31.4 Å². The van der Waals surface area contributed by atoms with Crippen molar-refractivity contribution in [2.45, 2.75) is 13.0 Å². The van der Waals surface area contributed by atoms with Gasteiger partial charge in [-0.25, -0.2) is 9.79 Å². The number of methoxy groups -OCH3 is 1. The number of allylic oxidation sites excluding steroid dienone is 2. The van der Waals surface area contributed by atoms with Crippen molar-refractivity contribution in [1.29, 1.82) is 0 Å². The van der Waals surface area contributed by atoms with E-state index >= 15 is 0 Å². The van der Waals surface area contributed by atoms with Gasteiger partial charge in [0.05, 0.1) is 35.2 Å². The zero-order valence-electron chi connectivity index (χ0n) is 15.9. The first-order valence-corrected chi connectivity index (χ1v) is 9.78. The molecule has 0 unspecified atom stereocenters. The van der Waals surface area contributed by atoms with Crippen LogP contribution < -0.4 is 14.9 Å². The van der Waals surface area contributed by atoms with E-state index in [2.05, 4.69) is 4.99 Å². The highest BCUT2D eigenvalue weighted by Crippen LogP contribution is 2.26. The Hall–Kier alpha value is -3.45. The standard InChI is InChI=1S/C22H18N2O4S/c1-14-19(21(26)27-2)17(11-10-15-7-4-3-5-8-15)24-20(25)18(29-22(24)23-14)13-16-9-6-12-28-16/h3-13,17H,1-2H3/b11-10-,18-13?/t17-/m1/s1. The number of carbonyl (C=O) groups excluding carboxylic acids is 1. The van der Waals surface area contributed by atoms with Crippen molar-refractivity contribution in [3.05, 3.63) is 97.1 Å². The lowest BCUT2D eigenvalue weighted by Gasteiger charge is -2.21. The molecule has 1 aliphatic heterocycles. The van der Waals surface area contributed by atoms with Crippen LogP contribution in [0.25, 0.3) is 12.2 Å². The van der Waals surface area contributed by atoms with Crippen LogP contribution in [-0.4, -0.2) is 17.6 Å². The van der Waals surface area contributed by atoms with Gasteiger partial charge in [-0.05, 0) is 24.6 Å². The van der Waals surface area contributed by atoms with Crippen molar-refractivity contribution in [3.63, 3.8) is 0 Å². The van der Waals surface area contributed by atoms with Gasteiger partial charge < -0.3 is 9.15 Å². The fourth-order valence-corrected chi connectivity index (χ4v) is 4.22. The quantitative estimate of drug-likeness (QED) is 0.625. The Bertz CT molecular complexity index is 1280. The van der Waals surface area contributed by atoms with Crippen LogP contribution in [0, 0.1) is 0 Å². The zero-order chi connectivity index (χ0) is 20.4. The van der Waals surface area contributed by atoms with Gasteiger partial charge in [0.1, 0.15) is 5.76 Å². The summed E-state index contributed by atoms with van der Waals surface area (Å²) in [6.45, 7) is 1.75. The number of carbonyl (C=O) groups is 1. The molecule has 0 fully saturated rings. The second-order valence-electron chi connectivity index (χ2n) is 6.40. The normalized spacial score (nSPS) is 16.8. The third-order valence-corrected chi connectivity index (χ3v) is 5.54. The third kappa shape index (κ3) is 3.64. The van der Waals surface area contributed by atoms with E-state index in [1.807, 2.05) is 42.5 Å². The van der Waals surface area contributed by atoms with Gasteiger partial charge in [-0.1, -0.05) is 53.8 Å². The minimum absolute atomic E-state index is 0.234. The van der Waals surface area contributed by atoms with Gasteiger partial charge in [0.25, 0.3) is 5.56 Å². The highest BCUT2D eigenvalue weighted by Gasteiger charge is 2.30. The molecule has 0 N–H and O–H groups in total. The number of hydrogen-bond donors (Lipinski definition) is 0. The largest absolute Gasteiger partial charge is 0.466 e. The molecule has 1 aliphatic rings. The number of aromatic nitrogens is 1. The van der Waals surface area contributed by atoms with Crippen molar-refractivity contribution in [2.75, 3.05) is 7.11 Å². The molecule has 0 saturated heterocycles. The molecular weight excluding hydrogens is 388 g/mol. The molecule has 29 heavy (non-hydrogen) atoms. The number of ether oxygens (including phenoxy) is 1. The Labute approximate surface area is 170 Å². The number of furan rings is 1. The summed E-state index contributed by atoms with van der Waals surface area (Å²) >= 11 is 1.26. The third-order valence-electron chi connectivity index (χ3n) is 4.56. The summed E-state index contributed by atoms with van der Waals surface area (Å²) in [7, 11) is 1.32. The lowest BCUT2D eigenvalue weighted by molar-refractivity contribution is -0.136. The molecular formula is C22H18N2O4S. The number of benzene rings is 1. The molecule has 6 nitrogen and oxygen atoms in total. The summed E-state index contributed by atoms with van der Waals surface area (Å²) in [5.41, 5.74) is 1.60. The molecule has 0 bridgehead atoms. The highest BCUT2D eigenvalue weighted by molar-refractivity contribution is 7.07. The fraction of sp³-hybridized carbons (Fsp3) is 0.136. The van der Waals surface area contributed by atoms with Crippen LogP contribution in [0.4, 0.5) is 0 Å². The minimum Gasteiger partial charge on any atom is -0.466 e. The second kappa shape index (κ2) is 7.89. The van der Waals surface area contributed by atoms with E-state index in [9.17, 15) is 9.59 Å². The predicted molar refractivity (Wildman–Crippen MR) is 111 cm³/mol. The molecule has 0 spiro atoms. The Kier molecular flexibility index (Phi) is 5.14. The van der Waals surface area contributed by atoms with E-state index in [0.717, 1.165) is 5.56 Å². The summed E-state index contributed by atoms with van der Waals surface area (Å²) in [5, 5.41) is 0. The van der Waals surface area contributed by atoms with Crippen molar-refractivity contribution in [3.8, 4) is 0 Å². The van der Waals surface area contributed by atoms with Crippen LogP contribution in [0.1, 0.15) is 24.3 Å². The van der Waals surface area contributed by atoms with Gasteiger partial charge in [0.2, 0.25) is 0 Å². The Morgan fingerprint density at radius 3 is 2.72 bits per heavy atom. The molecule has 1 aromatic carbocycles. The number of hydrogen-bond acceptors (Lipinski definition) is 6. The SMILES string of the molecule is COC(=O)C1=C(C)N=c2sc(=Cc3ccco3)c(=O)n2[C@@H]1/C=C\c1ccccc1. The van der Waals surface area contributed by atoms with Gasteiger partial charge >= 0.3 is 5.97 Å². The van der Waals surface area contributed by atoms with E-state index in [-0.39, 0.29) is 5.56 Å². The van der Waals surface area contributed by atoms with Crippen LogP contribution in [-0.2, 0) is 9.53 Å². The maximum absolute atomic E-state index is 13.2. The molecule has 0 aliphatic carbocycles. The minimum atomic E-state index is -0.613. The Morgan fingerprint density at radius 2 is 2.03 bits per heavy atom. The van der Waals surface area contributed by atoms with Gasteiger partial charge in [0, 0.05) is 6.08 Å². The summed E-state index contributed by atoms with van der Waals surface area (Å²) in [5.74, 6) is 0.0739. The Balaban J connectivity index is 1.89. The van der Waals surface area contributed by atoms with Gasteiger partial charge in [-0.15, -0.1) is 0 Å². The predicted octanol–water partition coefficient (Wildman–Crippen LogP) is 2.67. The maximum Gasteiger partial charge on any atom is 0.338 e. The van der Waals surface area contributed by atoms with Gasteiger partial charge in [-0.3, -0.25) is 9.36 Å². The first kappa shape index (κ1) is 18.9. The van der Waals surface area contributed by atoms with E-state index in [4.69, 9.17) is 9.15 Å². The molecule has 4 rings (SSSR count). The van der Waals surface area contributed by atoms with Crippen LogP contribution in [0.5, 0.6) is 0 Å². The molecule has 3 aromatic rings. The first-order chi connectivity index (χ1) is 14.1. The van der Waals surface area contributed by atoms with E-state index in [1.165, 1.54) is 23.0 Å². The summed E-state index contributed by atoms with van der Waals surface area (Å²) in [6, 6.07) is 12.6. The second-order valence-corrected chi connectivity index (χ2v) is 7.41. The van der Waals surface area contributed by atoms with Crippen LogP contribution in [0.2, 0.25) is 0 Å². The van der Waals surface area contributed by atoms with Gasteiger partial charge in [0.15, 0.2) is 4.80 Å². The summed E-state index contributed by atoms with van der Waals surface area (Å²) < 4.78 is 12.3. The monoisotopic (exact) mass is 406 g/mol. The van der Waals surface area contributed by atoms with E-state index in [0.29, 0.717) is 26.4 Å². The molecule has 1 atom stereocenters. The topological polar surface area (TPSA) is 73.8 Å². The van der Waals surface area contributed by atoms with Crippen molar-refractivity contribution < 1.29 is 13.9 Å². The molecule has 3 heterocycles. The molecule has 2 aromatic heterocycles. The van der Waals surface area contributed by atoms with E-state index < -0.39 is 12.0 Å². The Morgan fingerprint density at radius 1 is 1.24 bits per heavy atom. The van der Waals surface area contributed by atoms with Crippen molar-refractivity contribution in [1.82, 2.24) is 4.57 Å². The maximum atomic E-state index is 13.2. The number of esters is 1. The number of fused-ring (bicyclic) bond motifs is 1. The fourth-order valence-electron chi connectivity index (χ4n) is 3.19. The molecule has 7 heteroatoms. The highest BCUT2D eigenvalue weighted by atomic mass is 32.1. The smallest absolute Gasteiger partial charge is 0.338 e. The van der Waals surface area contributed by atoms with Crippen molar-refractivity contribution >= 4 is 29.5 Å². The zero-order valence-corrected chi connectivity index (χ0v) is 16.7. The average Bonchev–Trinajstić information content (AvgIpc) is 3.34. The molecule has 0 saturated carbocycles. The van der Waals surface area contributed by atoms with Crippen LogP contribution in [0.3, 0.4) is 0 Å². The average molecular weight is 406 g/mol. The summed E-state index contributed by atoms with van der Waals surface area (Å²) in [4.78, 5) is 30.6. The molecule has 0 amide bonds.